The molecule has 0 aromatic carbocycles. The third-order valence-corrected chi connectivity index (χ3v) is 3.49. The van der Waals surface area contributed by atoms with Crippen molar-refractivity contribution in [2.75, 3.05) is 7.05 Å². The lowest BCUT2D eigenvalue weighted by Gasteiger charge is -2.19. The van der Waals surface area contributed by atoms with Gasteiger partial charge in [0.05, 0.1) is 5.69 Å². The van der Waals surface area contributed by atoms with Crippen molar-refractivity contribution in [3.8, 4) is 0 Å². The van der Waals surface area contributed by atoms with E-state index in [0.29, 0.717) is 12.1 Å². The maximum atomic E-state index is 4.42. The molecule has 0 aliphatic rings. The van der Waals surface area contributed by atoms with Crippen molar-refractivity contribution in [2.45, 2.75) is 71.4 Å². The minimum Gasteiger partial charge on any atom is -0.312 e. The largest absolute Gasteiger partial charge is 0.312 e. The molecule has 0 saturated carbocycles. The van der Waals surface area contributed by atoms with Crippen molar-refractivity contribution in [3.05, 3.63) is 18.0 Å². The molecule has 0 aliphatic heterocycles. The smallest absolute Gasteiger partial charge is 0.0556 e. The summed E-state index contributed by atoms with van der Waals surface area (Å²) in [6.45, 7) is 6.63. The fourth-order valence-corrected chi connectivity index (χ4v) is 2.42. The van der Waals surface area contributed by atoms with E-state index in [4.69, 9.17) is 0 Å². The minimum absolute atomic E-state index is 0.436. The molecule has 104 valence electrons. The lowest BCUT2D eigenvalue weighted by Crippen LogP contribution is -2.21. The normalized spacial score (nSPS) is 13.2. The second-order valence-corrected chi connectivity index (χ2v) is 5.34. The lowest BCUT2D eigenvalue weighted by molar-refractivity contribution is 0.432. The van der Waals surface area contributed by atoms with Crippen molar-refractivity contribution < 1.29 is 0 Å². The van der Waals surface area contributed by atoms with E-state index >= 15 is 0 Å². The molecule has 18 heavy (non-hydrogen) atoms. The van der Waals surface area contributed by atoms with Gasteiger partial charge in [-0.3, -0.25) is 4.68 Å². The first-order valence-electron chi connectivity index (χ1n) is 7.41. The highest BCUT2D eigenvalue weighted by atomic mass is 15.3. The number of hydrogen-bond acceptors (Lipinski definition) is 2. The standard InChI is InChI=1S/C15H29N3/c1-5-6-7-8-9-10-14(16-4)15-11-12-17-18(15)13(2)3/h11-14,16H,5-10H2,1-4H3. The van der Waals surface area contributed by atoms with E-state index in [0.717, 1.165) is 0 Å². The molecule has 1 rings (SSSR count). The van der Waals surface area contributed by atoms with Crippen molar-refractivity contribution in [1.29, 1.82) is 0 Å². The SMILES string of the molecule is CCCCCCCC(NC)c1ccnn1C(C)C. The quantitative estimate of drug-likeness (QED) is 0.670. The summed E-state index contributed by atoms with van der Waals surface area (Å²) in [5.41, 5.74) is 1.32. The van der Waals surface area contributed by atoms with Crippen LogP contribution in [-0.2, 0) is 0 Å². The highest BCUT2D eigenvalue weighted by Crippen LogP contribution is 2.22. The Kier molecular flexibility index (Phi) is 7.02. The summed E-state index contributed by atoms with van der Waals surface area (Å²) in [5, 5.41) is 7.85. The molecule has 1 heterocycles. The van der Waals surface area contributed by atoms with Gasteiger partial charge in [0.2, 0.25) is 0 Å². The van der Waals surface area contributed by atoms with Crippen molar-refractivity contribution in [1.82, 2.24) is 15.1 Å². The monoisotopic (exact) mass is 251 g/mol. The molecule has 3 nitrogen and oxygen atoms in total. The predicted octanol–water partition coefficient (Wildman–Crippen LogP) is 4.09. The van der Waals surface area contributed by atoms with Crippen LogP contribution in [0.25, 0.3) is 0 Å². The summed E-state index contributed by atoms with van der Waals surface area (Å²) in [6.07, 6.45) is 9.83. The molecule has 1 N–H and O–H groups in total. The van der Waals surface area contributed by atoms with E-state index in [1.165, 1.54) is 44.2 Å². The first-order chi connectivity index (χ1) is 8.70. The van der Waals surface area contributed by atoms with Gasteiger partial charge in [-0.2, -0.15) is 5.10 Å². The molecule has 0 aliphatic carbocycles. The van der Waals surface area contributed by atoms with E-state index < -0.39 is 0 Å². The number of hydrogen-bond donors (Lipinski definition) is 1. The Hall–Kier alpha value is -0.830. The molecule has 0 fully saturated rings. The molecule has 0 amide bonds. The van der Waals surface area contributed by atoms with Crippen LogP contribution in [0.5, 0.6) is 0 Å². The topological polar surface area (TPSA) is 29.9 Å². The number of nitrogens with zero attached hydrogens (tertiary/aromatic N) is 2. The van der Waals surface area contributed by atoms with Crippen LogP contribution in [0.1, 0.15) is 77.1 Å². The molecule has 0 spiro atoms. The van der Waals surface area contributed by atoms with Gasteiger partial charge in [0, 0.05) is 18.3 Å². The first-order valence-corrected chi connectivity index (χ1v) is 7.41. The van der Waals surface area contributed by atoms with Crippen LogP contribution < -0.4 is 5.32 Å². The molecule has 0 bridgehead atoms. The Balaban J connectivity index is 2.47. The zero-order valence-electron chi connectivity index (χ0n) is 12.4. The van der Waals surface area contributed by atoms with Crippen LogP contribution in [0.3, 0.4) is 0 Å². The Morgan fingerprint density at radius 2 is 1.94 bits per heavy atom. The molecule has 1 unspecified atom stereocenters. The van der Waals surface area contributed by atoms with Gasteiger partial charge < -0.3 is 5.32 Å². The number of nitrogens with one attached hydrogen (secondary N) is 1. The van der Waals surface area contributed by atoms with Gasteiger partial charge in [-0.05, 0) is 33.4 Å². The molecular formula is C15H29N3. The van der Waals surface area contributed by atoms with Gasteiger partial charge >= 0.3 is 0 Å². The average molecular weight is 251 g/mol. The maximum Gasteiger partial charge on any atom is 0.0556 e. The fourth-order valence-electron chi connectivity index (χ4n) is 2.42. The number of unbranched alkanes of at least 4 members (excludes halogenated alkanes) is 4. The van der Waals surface area contributed by atoms with Crippen molar-refractivity contribution in [3.63, 3.8) is 0 Å². The van der Waals surface area contributed by atoms with E-state index in [-0.39, 0.29) is 0 Å². The van der Waals surface area contributed by atoms with Crippen LogP contribution in [0.15, 0.2) is 12.3 Å². The van der Waals surface area contributed by atoms with Crippen LogP contribution in [0.4, 0.5) is 0 Å². The van der Waals surface area contributed by atoms with E-state index in [9.17, 15) is 0 Å². The summed E-state index contributed by atoms with van der Waals surface area (Å²) >= 11 is 0. The summed E-state index contributed by atoms with van der Waals surface area (Å²) in [5.74, 6) is 0. The zero-order valence-corrected chi connectivity index (χ0v) is 12.4. The number of rotatable bonds is 9. The Bertz CT molecular complexity index is 317. The summed E-state index contributed by atoms with van der Waals surface area (Å²) in [7, 11) is 2.05. The Morgan fingerprint density at radius 3 is 2.56 bits per heavy atom. The second kappa shape index (κ2) is 8.30. The van der Waals surface area contributed by atoms with Gasteiger partial charge in [-0.1, -0.05) is 39.0 Å². The van der Waals surface area contributed by atoms with Gasteiger partial charge in [0.1, 0.15) is 0 Å². The van der Waals surface area contributed by atoms with Crippen LogP contribution >= 0.6 is 0 Å². The summed E-state index contributed by atoms with van der Waals surface area (Å²) < 4.78 is 2.13. The molecule has 3 heteroatoms. The second-order valence-electron chi connectivity index (χ2n) is 5.34. The Labute approximate surface area is 112 Å². The zero-order chi connectivity index (χ0) is 13.4. The molecule has 1 atom stereocenters. The number of aromatic nitrogens is 2. The summed E-state index contributed by atoms with van der Waals surface area (Å²) in [6, 6.07) is 3.02. The van der Waals surface area contributed by atoms with Gasteiger partial charge in [-0.25, -0.2) is 0 Å². The molecule has 0 saturated heterocycles. The minimum atomic E-state index is 0.436. The molecule has 1 aromatic heterocycles. The van der Waals surface area contributed by atoms with Gasteiger partial charge in [0.25, 0.3) is 0 Å². The van der Waals surface area contributed by atoms with Crippen LogP contribution in [0, 0.1) is 0 Å². The van der Waals surface area contributed by atoms with E-state index in [2.05, 4.69) is 41.9 Å². The highest BCUT2D eigenvalue weighted by molar-refractivity contribution is 5.07. The third-order valence-electron chi connectivity index (χ3n) is 3.49. The predicted molar refractivity (Wildman–Crippen MR) is 77.8 cm³/mol. The lowest BCUT2D eigenvalue weighted by atomic mass is 10.0. The Morgan fingerprint density at radius 1 is 1.22 bits per heavy atom. The molecule has 1 aromatic rings. The fraction of sp³-hybridized carbons (Fsp3) is 0.800. The van der Waals surface area contributed by atoms with Gasteiger partial charge in [-0.15, -0.1) is 0 Å². The van der Waals surface area contributed by atoms with E-state index in [1.807, 2.05) is 13.2 Å². The van der Waals surface area contributed by atoms with Crippen LogP contribution in [0.2, 0.25) is 0 Å². The third kappa shape index (κ3) is 4.45. The molecule has 0 radical (unpaired) electrons. The average Bonchev–Trinajstić information content (AvgIpc) is 2.83. The van der Waals surface area contributed by atoms with Crippen molar-refractivity contribution in [2.24, 2.45) is 0 Å². The van der Waals surface area contributed by atoms with E-state index in [1.54, 1.807) is 0 Å². The molecular weight excluding hydrogens is 222 g/mol. The van der Waals surface area contributed by atoms with Crippen LogP contribution in [-0.4, -0.2) is 16.8 Å². The maximum absolute atomic E-state index is 4.42. The van der Waals surface area contributed by atoms with Gasteiger partial charge in [0.15, 0.2) is 0 Å². The summed E-state index contributed by atoms with van der Waals surface area (Å²) in [4.78, 5) is 0. The van der Waals surface area contributed by atoms with Crippen molar-refractivity contribution >= 4 is 0 Å². The highest BCUT2D eigenvalue weighted by Gasteiger charge is 2.15. The first kappa shape index (κ1) is 15.2.